The number of fused-ring (bicyclic) bond motifs is 1. The third kappa shape index (κ3) is 2.74. The molecule has 102 valence electrons. The molecule has 0 saturated heterocycles. The first-order chi connectivity index (χ1) is 9.24. The van der Waals surface area contributed by atoms with E-state index >= 15 is 0 Å². The number of rotatable bonds is 3. The van der Waals surface area contributed by atoms with Crippen LogP contribution in [0.3, 0.4) is 0 Å². The molecule has 1 N–H and O–H groups in total. The van der Waals surface area contributed by atoms with Gasteiger partial charge < -0.3 is 9.67 Å². The molecular weight excluding hydrogens is 256 g/mol. The van der Waals surface area contributed by atoms with Gasteiger partial charge in [0.2, 0.25) is 0 Å². The van der Waals surface area contributed by atoms with Crippen LogP contribution in [0.15, 0.2) is 17.9 Å². The Morgan fingerprint density at radius 2 is 2.32 bits per heavy atom. The van der Waals surface area contributed by atoms with Gasteiger partial charge in [0.25, 0.3) is 0 Å². The molecular formula is C15H20N2OS. The highest BCUT2D eigenvalue weighted by Crippen LogP contribution is 2.29. The van der Waals surface area contributed by atoms with E-state index in [0.29, 0.717) is 0 Å². The Kier molecular flexibility index (Phi) is 3.71. The van der Waals surface area contributed by atoms with Gasteiger partial charge in [-0.05, 0) is 31.7 Å². The fourth-order valence-electron chi connectivity index (χ4n) is 2.82. The van der Waals surface area contributed by atoms with E-state index in [1.807, 2.05) is 5.51 Å². The second-order valence-electron chi connectivity index (χ2n) is 5.35. The molecule has 3 rings (SSSR count). The molecule has 1 aliphatic rings. The molecule has 1 unspecified atom stereocenters. The maximum Gasteiger partial charge on any atom is 0.0807 e. The summed E-state index contributed by atoms with van der Waals surface area (Å²) in [5.41, 5.74) is 5.56. The molecule has 0 spiro atoms. The lowest BCUT2D eigenvalue weighted by Crippen LogP contribution is -1.99. The first-order valence-corrected chi connectivity index (χ1v) is 7.87. The standard InChI is InChI=1S/C15H20N2OS/c1-11-15(19-10-16-11)6-7-17-8-12-4-2-3-5-14(18)13(12)9-17/h8-10,14,18H,2-7H2,1H3. The monoisotopic (exact) mass is 276 g/mol. The van der Waals surface area contributed by atoms with E-state index in [1.54, 1.807) is 11.3 Å². The van der Waals surface area contributed by atoms with Gasteiger partial charge >= 0.3 is 0 Å². The summed E-state index contributed by atoms with van der Waals surface area (Å²) in [5, 5.41) is 10.1. The Morgan fingerprint density at radius 3 is 3.11 bits per heavy atom. The molecule has 2 aromatic heterocycles. The summed E-state index contributed by atoms with van der Waals surface area (Å²) in [6.45, 7) is 3.04. The van der Waals surface area contributed by atoms with Crippen molar-refractivity contribution in [1.82, 2.24) is 9.55 Å². The SMILES string of the molecule is Cc1ncsc1CCn1cc2c(c1)C(O)CCCC2. The first kappa shape index (κ1) is 12.9. The van der Waals surface area contributed by atoms with E-state index in [-0.39, 0.29) is 6.10 Å². The summed E-state index contributed by atoms with van der Waals surface area (Å²) in [6, 6.07) is 0. The van der Waals surface area contributed by atoms with Crippen LogP contribution in [0.4, 0.5) is 0 Å². The van der Waals surface area contributed by atoms with Crippen molar-refractivity contribution in [3.8, 4) is 0 Å². The summed E-state index contributed by atoms with van der Waals surface area (Å²) in [7, 11) is 0. The van der Waals surface area contributed by atoms with E-state index < -0.39 is 0 Å². The Morgan fingerprint density at radius 1 is 1.42 bits per heavy atom. The van der Waals surface area contributed by atoms with Crippen LogP contribution in [0.2, 0.25) is 0 Å². The summed E-state index contributed by atoms with van der Waals surface area (Å²) < 4.78 is 2.23. The average molecular weight is 276 g/mol. The van der Waals surface area contributed by atoms with Crippen molar-refractivity contribution in [3.63, 3.8) is 0 Å². The number of nitrogens with zero attached hydrogens (tertiary/aromatic N) is 2. The Hall–Kier alpha value is -1.13. The van der Waals surface area contributed by atoms with Crippen molar-refractivity contribution in [2.45, 2.75) is 51.7 Å². The van der Waals surface area contributed by atoms with Crippen LogP contribution in [0.1, 0.15) is 47.1 Å². The quantitative estimate of drug-likeness (QED) is 0.874. The third-order valence-corrected chi connectivity index (χ3v) is 4.97. The van der Waals surface area contributed by atoms with E-state index in [2.05, 4.69) is 28.9 Å². The zero-order chi connectivity index (χ0) is 13.2. The van der Waals surface area contributed by atoms with Crippen LogP contribution in [0.5, 0.6) is 0 Å². The van der Waals surface area contributed by atoms with Crippen LogP contribution < -0.4 is 0 Å². The number of hydrogen-bond acceptors (Lipinski definition) is 3. The first-order valence-electron chi connectivity index (χ1n) is 6.99. The molecule has 1 atom stereocenters. The lowest BCUT2D eigenvalue weighted by molar-refractivity contribution is 0.166. The van der Waals surface area contributed by atoms with Gasteiger partial charge in [-0.1, -0.05) is 6.42 Å². The van der Waals surface area contributed by atoms with Crippen molar-refractivity contribution in [3.05, 3.63) is 39.6 Å². The van der Waals surface area contributed by atoms with Gasteiger partial charge in [-0.2, -0.15) is 0 Å². The molecule has 19 heavy (non-hydrogen) atoms. The second kappa shape index (κ2) is 5.47. The second-order valence-corrected chi connectivity index (χ2v) is 6.29. The van der Waals surface area contributed by atoms with Gasteiger partial charge in [0.1, 0.15) is 0 Å². The van der Waals surface area contributed by atoms with Gasteiger partial charge in [-0.3, -0.25) is 0 Å². The topological polar surface area (TPSA) is 38.0 Å². The third-order valence-electron chi connectivity index (χ3n) is 3.97. The van der Waals surface area contributed by atoms with Gasteiger partial charge in [0.15, 0.2) is 0 Å². The van der Waals surface area contributed by atoms with Gasteiger partial charge in [-0.25, -0.2) is 4.98 Å². The predicted octanol–water partition coefficient (Wildman–Crippen LogP) is 3.26. The van der Waals surface area contributed by atoms with Crippen LogP contribution in [-0.4, -0.2) is 14.7 Å². The molecule has 0 fully saturated rings. The molecule has 2 aromatic rings. The van der Waals surface area contributed by atoms with Crippen molar-refractivity contribution < 1.29 is 5.11 Å². The molecule has 2 heterocycles. The maximum atomic E-state index is 10.1. The Balaban J connectivity index is 1.72. The minimum atomic E-state index is -0.260. The maximum absolute atomic E-state index is 10.1. The summed E-state index contributed by atoms with van der Waals surface area (Å²) in [6.07, 6.45) is 9.48. The molecule has 0 aromatic carbocycles. The number of aromatic nitrogens is 2. The number of aryl methyl sites for hydroxylation is 4. The lowest BCUT2D eigenvalue weighted by atomic mass is 10.1. The zero-order valence-corrected chi connectivity index (χ0v) is 12.1. The van der Waals surface area contributed by atoms with E-state index in [0.717, 1.165) is 43.5 Å². The van der Waals surface area contributed by atoms with Crippen molar-refractivity contribution in [2.24, 2.45) is 0 Å². The van der Waals surface area contributed by atoms with Crippen molar-refractivity contribution >= 4 is 11.3 Å². The fraction of sp³-hybridized carbons (Fsp3) is 0.533. The van der Waals surface area contributed by atoms with Gasteiger partial charge in [0, 0.05) is 35.8 Å². The largest absolute Gasteiger partial charge is 0.388 e. The van der Waals surface area contributed by atoms with E-state index in [4.69, 9.17) is 0 Å². The molecule has 0 amide bonds. The summed E-state index contributed by atoms with van der Waals surface area (Å²) in [5.74, 6) is 0. The van der Waals surface area contributed by atoms with Crippen LogP contribution in [-0.2, 0) is 19.4 Å². The van der Waals surface area contributed by atoms with E-state index in [9.17, 15) is 5.11 Å². The highest BCUT2D eigenvalue weighted by atomic mass is 32.1. The smallest absolute Gasteiger partial charge is 0.0807 e. The molecule has 0 saturated carbocycles. The molecule has 1 aliphatic carbocycles. The lowest BCUT2D eigenvalue weighted by Gasteiger charge is -2.06. The normalized spacial score (nSPS) is 19.2. The summed E-state index contributed by atoms with van der Waals surface area (Å²) in [4.78, 5) is 5.65. The molecule has 0 radical (unpaired) electrons. The minimum absolute atomic E-state index is 0.260. The van der Waals surface area contributed by atoms with Crippen LogP contribution in [0.25, 0.3) is 0 Å². The molecule has 4 heteroatoms. The number of hydrogen-bond donors (Lipinski definition) is 1. The van der Waals surface area contributed by atoms with E-state index in [1.165, 1.54) is 16.9 Å². The number of aliphatic hydroxyl groups is 1. The Bertz CT molecular complexity index is 558. The predicted molar refractivity (Wildman–Crippen MR) is 77.5 cm³/mol. The fourth-order valence-corrected chi connectivity index (χ4v) is 3.59. The average Bonchev–Trinajstić information content (AvgIpc) is 2.95. The molecule has 3 nitrogen and oxygen atoms in total. The highest BCUT2D eigenvalue weighted by Gasteiger charge is 2.18. The summed E-state index contributed by atoms with van der Waals surface area (Å²) >= 11 is 1.73. The van der Waals surface area contributed by atoms with Crippen molar-refractivity contribution in [1.29, 1.82) is 0 Å². The van der Waals surface area contributed by atoms with Gasteiger partial charge in [0.05, 0.1) is 17.3 Å². The van der Waals surface area contributed by atoms with Crippen molar-refractivity contribution in [2.75, 3.05) is 0 Å². The zero-order valence-electron chi connectivity index (χ0n) is 11.3. The van der Waals surface area contributed by atoms with Gasteiger partial charge in [-0.15, -0.1) is 11.3 Å². The highest BCUT2D eigenvalue weighted by molar-refractivity contribution is 7.09. The molecule has 0 aliphatic heterocycles. The number of thiazole rings is 1. The Labute approximate surface area is 117 Å². The minimum Gasteiger partial charge on any atom is -0.388 e. The van der Waals surface area contributed by atoms with Crippen LogP contribution in [0, 0.1) is 6.92 Å². The van der Waals surface area contributed by atoms with Crippen LogP contribution >= 0.6 is 11.3 Å². The number of aliphatic hydroxyl groups excluding tert-OH is 1. The molecule has 0 bridgehead atoms.